The quantitative estimate of drug-likeness (QED) is 0.738. The highest BCUT2D eigenvalue weighted by atomic mass is 35.5. The van der Waals surface area contributed by atoms with Gasteiger partial charge in [0.15, 0.2) is 0 Å². The lowest BCUT2D eigenvalue weighted by molar-refractivity contribution is 0.0950. The van der Waals surface area contributed by atoms with Gasteiger partial charge in [-0.05, 0) is 55.6 Å². The number of amides is 1. The Labute approximate surface area is 170 Å². The molecule has 2 aromatic rings. The highest BCUT2D eigenvalue weighted by Crippen LogP contribution is 2.28. The number of likely N-dealkylation sites (N-methyl/N-ethyl adjacent to an activating group) is 1. The van der Waals surface area contributed by atoms with Crippen molar-refractivity contribution >= 4 is 39.7 Å². The van der Waals surface area contributed by atoms with Crippen molar-refractivity contribution in [2.75, 3.05) is 20.1 Å². The molecule has 1 amide bonds. The van der Waals surface area contributed by atoms with Crippen LogP contribution in [-0.4, -0.2) is 44.8 Å². The number of carbonyl (C=O) groups is 1. The molecule has 148 valence electrons. The number of rotatable bonds is 6. The lowest BCUT2D eigenvalue weighted by Crippen LogP contribution is -2.37. The van der Waals surface area contributed by atoms with Gasteiger partial charge in [-0.2, -0.15) is 4.31 Å². The normalized spacial score (nSPS) is 15.5. The third-order valence-corrected chi connectivity index (χ3v) is 7.43. The number of nitrogens with one attached hydrogen (secondary N) is 2. The van der Waals surface area contributed by atoms with E-state index in [1.807, 2.05) is 25.4 Å². The topological polar surface area (TPSA) is 78.5 Å². The molecule has 6 nitrogen and oxygen atoms in total. The Morgan fingerprint density at radius 1 is 1.33 bits per heavy atom. The van der Waals surface area contributed by atoms with Crippen LogP contribution < -0.4 is 10.6 Å². The SMILES string of the molecule is CNC(C)CNC(=O)c1cccc(S(=O)(=O)N2CCc3sccc3C2)c1.Cl. The molecule has 0 saturated carbocycles. The van der Waals surface area contributed by atoms with Crippen molar-refractivity contribution in [1.29, 1.82) is 0 Å². The first-order chi connectivity index (χ1) is 12.4. The fraction of sp³-hybridized carbons (Fsp3) is 0.389. The van der Waals surface area contributed by atoms with Gasteiger partial charge in [-0.25, -0.2) is 8.42 Å². The van der Waals surface area contributed by atoms with Crippen LogP contribution >= 0.6 is 23.7 Å². The van der Waals surface area contributed by atoms with Gasteiger partial charge < -0.3 is 10.6 Å². The van der Waals surface area contributed by atoms with Crippen LogP contribution in [0.25, 0.3) is 0 Å². The number of hydrogen-bond donors (Lipinski definition) is 2. The molecular weight excluding hydrogens is 406 g/mol. The summed E-state index contributed by atoms with van der Waals surface area (Å²) in [5.74, 6) is -0.275. The van der Waals surface area contributed by atoms with E-state index in [4.69, 9.17) is 0 Å². The van der Waals surface area contributed by atoms with Crippen molar-refractivity contribution in [3.05, 3.63) is 51.7 Å². The minimum Gasteiger partial charge on any atom is -0.350 e. The summed E-state index contributed by atoms with van der Waals surface area (Å²) in [6, 6.07) is 8.37. The van der Waals surface area contributed by atoms with Gasteiger partial charge >= 0.3 is 0 Å². The van der Waals surface area contributed by atoms with E-state index in [-0.39, 0.29) is 29.3 Å². The molecular formula is C18H24ClN3O3S2. The summed E-state index contributed by atoms with van der Waals surface area (Å²) >= 11 is 1.67. The summed E-state index contributed by atoms with van der Waals surface area (Å²) < 4.78 is 27.5. The average molecular weight is 430 g/mol. The molecule has 2 heterocycles. The largest absolute Gasteiger partial charge is 0.350 e. The van der Waals surface area contributed by atoms with Crippen LogP contribution in [0, 0.1) is 0 Å². The van der Waals surface area contributed by atoms with Crippen molar-refractivity contribution < 1.29 is 13.2 Å². The van der Waals surface area contributed by atoms with Crippen molar-refractivity contribution in [2.24, 2.45) is 0 Å². The van der Waals surface area contributed by atoms with Crippen molar-refractivity contribution in [1.82, 2.24) is 14.9 Å². The minimum absolute atomic E-state index is 0. The van der Waals surface area contributed by atoms with E-state index in [0.29, 0.717) is 25.2 Å². The molecule has 0 saturated heterocycles. The van der Waals surface area contributed by atoms with Crippen LogP contribution in [0.1, 0.15) is 27.7 Å². The van der Waals surface area contributed by atoms with Crippen LogP contribution in [0.5, 0.6) is 0 Å². The molecule has 3 rings (SSSR count). The summed E-state index contributed by atoms with van der Waals surface area (Å²) in [7, 11) is -1.81. The summed E-state index contributed by atoms with van der Waals surface area (Å²) in [6.45, 7) is 3.28. The molecule has 27 heavy (non-hydrogen) atoms. The van der Waals surface area contributed by atoms with E-state index in [2.05, 4.69) is 10.6 Å². The Morgan fingerprint density at radius 2 is 2.11 bits per heavy atom. The van der Waals surface area contributed by atoms with E-state index < -0.39 is 10.0 Å². The fourth-order valence-electron chi connectivity index (χ4n) is 2.82. The summed E-state index contributed by atoms with van der Waals surface area (Å²) in [4.78, 5) is 13.7. The number of carbonyl (C=O) groups excluding carboxylic acids is 1. The van der Waals surface area contributed by atoms with Crippen molar-refractivity contribution in [2.45, 2.75) is 30.8 Å². The zero-order chi connectivity index (χ0) is 18.7. The molecule has 0 spiro atoms. The van der Waals surface area contributed by atoms with E-state index >= 15 is 0 Å². The highest BCUT2D eigenvalue weighted by molar-refractivity contribution is 7.89. The fourth-order valence-corrected chi connectivity index (χ4v) is 5.18. The number of fused-ring (bicyclic) bond motifs is 1. The first kappa shape index (κ1) is 21.8. The van der Waals surface area contributed by atoms with Gasteiger partial charge in [0.05, 0.1) is 4.90 Å². The Hall–Kier alpha value is -1.45. The highest BCUT2D eigenvalue weighted by Gasteiger charge is 2.29. The van der Waals surface area contributed by atoms with Gasteiger partial charge in [-0.3, -0.25) is 4.79 Å². The molecule has 1 aromatic heterocycles. The second-order valence-electron chi connectivity index (χ2n) is 6.39. The molecule has 0 fully saturated rings. The maximum Gasteiger partial charge on any atom is 0.251 e. The van der Waals surface area contributed by atoms with Gasteiger partial charge in [-0.15, -0.1) is 23.7 Å². The summed E-state index contributed by atoms with van der Waals surface area (Å²) in [5, 5.41) is 7.85. The van der Waals surface area contributed by atoms with Crippen LogP contribution in [0.4, 0.5) is 0 Å². The minimum atomic E-state index is -3.63. The average Bonchev–Trinajstić information content (AvgIpc) is 3.13. The van der Waals surface area contributed by atoms with E-state index in [9.17, 15) is 13.2 Å². The van der Waals surface area contributed by atoms with Gasteiger partial charge in [0, 0.05) is 36.1 Å². The molecule has 1 aliphatic rings. The Bertz CT molecular complexity index is 899. The molecule has 1 aliphatic heterocycles. The predicted molar refractivity (Wildman–Crippen MR) is 110 cm³/mol. The maximum absolute atomic E-state index is 13.0. The van der Waals surface area contributed by atoms with Crippen LogP contribution in [0.3, 0.4) is 0 Å². The molecule has 0 bridgehead atoms. The summed E-state index contributed by atoms with van der Waals surface area (Å²) in [6.07, 6.45) is 0.730. The third-order valence-electron chi connectivity index (χ3n) is 4.57. The number of benzene rings is 1. The first-order valence-electron chi connectivity index (χ1n) is 8.52. The Morgan fingerprint density at radius 3 is 2.85 bits per heavy atom. The zero-order valence-electron chi connectivity index (χ0n) is 15.3. The third kappa shape index (κ3) is 4.89. The van der Waals surface area contributed by atoms with Crippen molar-refractivity contribution in [3.63, 3.8) is 0 Å². The molecule has 1 unspecified atom stereocenters. The first-order valence-corrected chi connectivity index (χ1v) is 10.8. The second-order valence-corrected chi connectivity index (χ2v) is 9.32. The number of thiophene rings is 1. The number of halogens is 1. The molecule has 1 aromatic carbocycles. The Kier molecular flexibility index (Phi) is 7.41. The van der Waals surface area contributed by atoms with Gasteiger partial charge in [-0.1, -0.05) is 6.07 Å². The molecule has 0 aliphatic carbocycles. The monoisotopic (exact) mass is 429 g/mol. The van der Waals surface area contributed by atoms with Gasteiger partial charge in [0.25, 0.3) is 5.91 Å². The van der Waals surface area contributed by atoms with E-state index in [0.717, 1.165) is 12.0 Å². The predicted octanol–water partition coefficient (Wildman–Crippen LogP) is 2.25. The number of nitrogens with zero attached hydrogens (tertiary/aromatic N) is 1. The van der Waals surface area contributed by atoms with Gasteiger partial charge in [0.2, 0.25) is 10.0 Å². The molecule has 9 heteroatoms. The van der Waals surface area contributed by atoms with E-state index in [1.54, 1.807) is 29.5 Å². The molecule has 1 atom stereocenters. The number of sulfonamides is 1. The molecule has 0 radical (unpaired) electrons. The number of hydrogen-bond acceptors (Lipinski definition) is 5. The molecule has 2 N–H and O–H groups in total. The zero-order valence-corrected chi connectivity index (χ0v) is 17.7. The van der Waals surface area contributed by atoms with Crippen LogP contribution in [-0.2, 0) is 23.0 Å². The second kappa shape index (κ2) is 9.16. The van der Waals surface area contributed by atoms with Gasteiger partial charge in [0.1, 0.15) is 0 Å². The lowest BCUT2D eigenvalue weighted by atomic mass is 10.1. The van der Waals surface area contributed by atoms with E-state index in [1.165, 1.54) is 15.2 Å². The van der Waals surface area contributed by atoms with Crippen molar-refractivity contribution in [3.8, 4) is 0 Å². The van der Waals surface area contributed by atoms with Crippen LogP contribution in [0.15, 0.2) is 40.6 Å². The standard InChI is InChI=1S/C18H23N3O3S2.ClH/c1-13(19-2)11-20-18(22)14-4-3-5-16(10-14)26(23,24)21-8-6-17-15(12-21)7-9-25-17;/h3-5,7,9-10,13,19H,6,8,11-12H2,1-2H3,(H,20,22);1H. The smallest absolute Gasteiger partial charge is 0.251 e. The maximum atomic E-state index is 13.0. The Balaban J connectivity index is 0.00000261. The summed E-state index contributed by atoms with van der Waals surface area (Å²) in [5.41, 5.74) is 1.42. The lowest BCUT2D eigenvalue weighted by Gasteiger charge is -2.26. The van der Waals surface area contributed by atoms with Crippen LogP contribution in [0.2, 0.25) is 0 Å².